The highest BCUT2D eigenvalue weighted by Gasteiger charge is 2.03. The second kappa shape index (κ2) is 6.21. The number of aromatic nitrogens is 2. The van der Waals surface area contributed by atoms with Crippen LogP contribution in [0.25, 0.3) is 0 Å². The lowest BCUT2D eigenvalue weighted by atomic mass is 10.2. The van der Waals surface area contributed by atoms with Gasteiger partial charge in [-0.15, -0.1) is 0 Å². The third-order valence-corrected chi connectivity index (χ3v) is 2.36. The van der Waals surface area contributed by atoms with Crippen LogP contribution in [0.4, 0.5) is 0 Å². The molecule has 0 aliphatic carbocycles. The van der Waals surface area contributed by atoms with Gasteiger partial charge >= 0.3 is 0 Å². The lowest BCUT2D eigenvalue weighted by molar-refractivity contribution is -0.123. The van der Waals surface area contributed by atoms with Crippen molar-refractivity contribution >= 4 is 5.91 Å². The van der Waals surface area contributed by atoms with Crippen molar-refractivity contribution in [3.63, 3.8) is 0 Å². The third-order valence-electron chi connectivity index (χ3n) is 2.36. The van der Waals surface area contributed by atoms with Crippen LogP contribution in [0.15, 0.2) is 36.7 Å². The lowest BCUT2D eigenvalue weighted by Gasteiger charge is -2.06. The van der Waals surface area contributed by atoms with Gasteiger partial charge in [0.2, 0.25) is 0 Å². The van der Waals surface area contributed by atoms with E-state index in [0.29, 0.717) is 23.7 Å². The van der Waals surface area contributed by atoms with Crippen LogP contribution < -0.4 is 10.1 Å². The van der Waals surface area contributed by atoms with Crippen LogP contribution in [0.1, 0.15) is 11.4 Å². The molecule has 1 aromatic heterocycles. The number of aromatic amines is 1. The number of nitriles is 1. The Labute approximate surface area is 110 Å². The fourth-order valence-corrected chi connectivity index (χ4v) is 1.40. The van der Waals surface area contributed by atoms with E-state index in [9.17, 15) is 4.79 Å². The van der Waals surface area contributed by atoms with Crippen molar-refractivity contribution in [2.45, 2.75) is 6.54 Å². The number of nitrogens with one attached hydrogen (secondary N) is 2. The summed E-state index contributed by atoms with van der Waals surface area (Å²) in [4.78, 5) is 18.4. The number of carbonyl (C=O) groups excluding carboxylic acids is 1. The average Bonchev–Trinajstić information content (AvgIpc) is 2.96. The molecule has 1 aromatic carbocycles. The van der Waals surface area contributed by atoms with Crippen molar-refractivity contribution in [1.82, 2.24) is 15.3 Å². The van der Waals surface area contributed by atoms with Gasteiger partial charge in [0.05, 0.1) is 18.2 Å². The van der Waals surface area contributed by atoms with Crippen molar-refractivity contribution in [1.29, 1.82) is 5.26 Å². The molecule has 1 amide bonds. The van der Waals surface area contributed by atoms with Crippen LogP contribution in [-0.4, -0.2) is 22.5 Å². The van der Waals surface area contributed by atoms with E-state index >= 15 is 0 Å². The first-order valence-electron chi connectivity index (χ1n) is 5.66. The van der Waals surface area contributed by atoms with Gasteiger partial charge < -0.3 is 15.0 Å². The molecule has 0 aliphatic heterocycles. The Hall–Kier alpha value is -2.81. The number of nitrogens with zero attached hydrogens (tertiary/aromatic N) is 2. The summed E-state index contributed by atoms with van der Waals surface area (Å²) in [6.45, 7) is 0.259. The molecule has 0 atom stereocenters. The normalized spacial score (nSPS) is 9.63. The molecular formula is C13H12N4O2. The van der Waals surface area contributed by atoms with E-state index in [1.807, 2.05) is 6.07 Å². The smallest absolute Gasteiger partial charge is 0.258 e. The molecule has 2 N–H and O–H groups in total. The van der Waals surface area contributed by atoms with E-state index in [2.05, 4.69) is 15.3 Å². The minimum Gasteiger partial charge on any atom is -0.484 e. The molecule has 19 heavy (non-hydrogen) atoms. The summed E-state index contributed by atoms with van der Waals surface area (Å²) in [6, 6.07) is 8.58. The Kier molecular flexibility index (Phi) is 4.13. The molecular weight excluding hydrogens is 244 g/mol. The minimum absolute atomic E-state index is 0.0768. The first-order chi connectivity index (χ1) is 9.28. The first-order valence-corrected chi connectivity index (χ1v) is 5.66. The fourth-order valence-electron chi connectivity index (χ4n) is 1.40. The monoisotopic (exact) mass is 256 g/mol. The van der Waals surface area contributed by atoms with E-state index in [0.717, 1.165) is 0 Å². The van der Waals surface area contributed by atoms with Crippen molar-refractivity contribution in [2.24, 2.45) is 0 Å². The molecule has 6 nitrogen and oxygen atoms in total. The fraction of sp³-hybridized carbons (Fsp3) is 0.154. The molecule has 0 saturated carbocycles. The van der Waals surface area contributed by atoms with Crippen LogP contribution in [0.5, 0.6) is 5.75 Å². The second-order valence-electron chi connectivity index (χ2n) is 3.74. The standard InChI is InChI=1S/C13H12N4O2/c14-7-10-1-3-11(4-2-10)19-9-13(18)17-8-12-15-5-6-16-12/h1-6H,8-9H2,(H,15,16)(H,17,18). The van der Waals surface area contributed by atoms with Crippen LogP contribution in [0.3, 0.4) is 0 Å². The summed E-state index contributed by atoms with van der Waals surface area (Å²) in [5.41, 5.74) is 0.551. The van der Waals surface area contributed by atoms with Gasteiger partial charge in [-0.1, -0.05) is 0 Å². The molecule has 0 aliphatic rings. The molecule has 0 saturated heterocycles. The summed E-state index contributed by atoms with van der Waals surface area (Å²) in [5.74, 6) is 1.000. The van der Waals surface area contributed by atoms with Crippen LogP contribution in [0.2, 0.25) is 0 Å². The summed E-state index contributed by atoms with van der Waals surface area (Å²) >= 11 is 0. The molecule has 0 radical (unpaired) electrons. The van der Waals surface area contributed by atoms with Crippen molar-refractivity contribution in [2.75, 3.05) is 6.61 Å². The predicted octanol–water partition coefficient (Wildman–Crippen LogP) is 0.977. The number of rotatable bonds is 5. The van der Waals surface area contributed by atoms with Gasteiger partial charge in [0.1, 0.15) is 11.6 Å². The Morgan fingerprint density at radius 3 is 2.84 bits per heavy atom. The summed E-state index contributed by atoms with van der Waals surface area (Å²) in [6.07, 6.45) is 3.31. The zero-order valence-electron chi connectivity index (χ0n) is 10.1. The van der Waals surface area contributed by atoms with Crippen molar-refractivity contribution in [3.05, 3.63) is 48.0 Å². The number of ether oxygens (including phenoxy) is 1. The average molecular weight is 256 g/mol. The highest BCUT2D eigenvalue weighted by atomic mass is 16.5. The maximum absolute atomic E-state index is 11.5. The zero-order chi connectivity index (χ0) is 13.5. The quantitative estimate of drug-likeness (QED) is 0.834. The van der Waals surface area contributed by atoms with Gasteiger partial charge in [-0.25, -0.2) is 4.98 Å². The highest BCUT2D eigenvalue weighted by Crippen LogP contribution is 2.11. The SMILES string of the molecule is N#Cc1ccc(OCC(=O)NCc2ncc[nH]2)cc1. The van der Waals surface area contributed by atoms with E-state index in [1.165, 1.54) is 0 Å². The van der Waals surface area contributed by atoms with E-state index in [1.54, 1.807) is 36.7 Å². The Morgan fingerprint density at radius 1 is 1.42 bits per heavy atom. The van der Waals surface area contributed by atoms with Gasteiger partial charge in [0.15, 0.2) is 6.61 Å². The van der Waals surface area contributed by atoms with Gasteiger partial charge in [-0.2, -0.15) is 5.26 Å². The number of imidazole rings is 1. The lowest BCUT2D eigenvalue weighted by Crippen LogP contribution is -2.28. The minimum atomic E-state index is -0.235. The van der Waals surface area contributed by atoms with Gasteiger partial charge in [0, 0.05) is 12.4 Å². The van der Waals surface area contributed by atoms with E-state index in [-0.39, 0.29) is 12.5 Å². The van der Waals surface area contributed by atoms with Crippen LogP contribution >= 0.6 is 0 Å². The number of carbonyl (C=O) groups is 1. The largest absolute Gasteiger partial charge is 0.484 e. The zero-order valence-corrected chi connectivity index (χ0v) is 10.1. The number of hydrogen-bond acceptors (Lipinski definition) is 4. The molecule has 0 spiro atoms. The number of H-pyrrole nitrogens is 1. The Balaban J connectivity index is 1.75. The first kappa shape index (κ1) is 12.6. The second-order valence-corrected chi connectivity index (χ2v) is 3.74. The molecule has 2 rings (SSSR count). The number of benzene rings is 1. The third kappa shape index (κ3) is 3.85. The van der Waals surface area contributed by atoms with Crippen molar-refractivity contribution < 1.29 is 9.53 Å². The van der Waals surface area contributed by atoms with Gasteiger partial charge in [0.25, 0.3) is 5.91 Å². The Morgan fingerprint density at radius 2 is 2.21 bits per heavy atom. The molecule has 0 unspecified atom stereocenters. The highest BCUT2D eigenvalue weighted by molar-refractivity contribution is 5.77. The van der Waals surface area contributed by atoms with Crippen molar-refractivity contribution in [3.8, 4) is 11.8 Å². The summed E-state index contributed by atoms with van der Waals surface area (Å²) in [7, 11) is 0. The maximum atomic E-state index is 11.5. The number of hydrogen-bond donors (Lipinski definition) is 2. The van der Waals surface area contributed by atoms with E-state index in [4.69, 9.17) is 10.00 Å². The van der Waals surface area contributed by atoms with Gasteiger partial charge in [-0.05, 0) is 24.3 Å². The summed E-state index contributed by atoms with van der Waals surface area (Å²) in [5, 5.41) is 11.3. The van der Waals surface area contributed by atoms with Crippen LogP contribution in [-0.2, 0) is 11.3 Å². The molecule has 1 heterocycles. The molecule has 6 heteroatoms. The molecule has 96 valence electrons. The predicted molar refractivity (Wildman–Crippen MR) is 67.1 cm³/mol. The van der Waals surface area contributed by atoms with Crippen LogP contribution in [0, 0.1) is 11.3 Å². The molecule has 0 bridgehead atoms. The number of amides is 1. The van der Waals surface area contributed by atoms with E-state index < -0.39 is 0 Å². The molecule has 2 aromatic rings. The summed E-state index contributed by atoms with van der Waals surface area (Å²) < 4.78 is 5.29. The maximum Gasteiger partial charge on any atom is 0.258 e. The van der Waals surface area contributed by atoms with Gasteiger partial charge in [-0.3, -0.25) is 4.79 Å². The molecule has 0 fully saturated rings. The Bertz CT molecular complexity index is 570. The topological polar surface area (TPSA) is 90.8 Å².